The van der Waals surface area contributed by atoms with Gasteiger partial charge in [-0.05, 0) is 45.7 Å². The fourth-order valence-corrected chi connectivity index (χ4v) is 2.34. The van der Waals surface area contributed by atoms with Crippen molar-refractivity contribution in [3.63, 3.8) is 0 Å². The summed E-state index contributed by atoms with van der Waals surface area (Å²) in [5.74, 6) is 0.964. The maximum Gasteiger partial charge on any atom is 0.0242 e. The van der Waals surface area contributed by atoms with Gasteiger partial charge in [0.2, 0.25) is 0 Å². The summed E-state index contributed by atoms with van der Waals surface area (Å²) in [6.45, 7) is 5.74. The molecule has 1 aliphatic carbocycles. The van der Waals surface area contributed by atoms with Crippen molar-refractivity contribution in [2.75, 3.05) is 20.6 Å². The third-order valence-electron chi connectivity index (χ3n) is 3.58. The molecule has 0 aromatic rings. The molecule has 0 aromatic heterocycles. The van der Waals surface area contributed by atoms with Crippen molar-refractivity contribution >= 4 is 0 Å². The van der Waals surface area contributed by atoms with Crippen LogP contribution in [-0.2, 0) is 0 Å². The SMILES string of the molecule is CCCC(CC)NCC(C1CC1)N(C)C. The second-order valence-corrected chi connectivity index (χ2v) is 5.17. The first-order valence-corrected chi connectivity index (χ1v) is 6.58. The highest BCUT2D eigenvalue weighted by Crippen LogP contribution is 2.34. The number of hydrogen-bond donors (Lipinski definition) is 1. The summed E-state index contributed by atoms with van der Waals surface area (Å²) in [6, 6.07) is 1.49. The molecule has 0 saturated heterocycles. The first-order chi connectivity index (χ1) is 7.19. The van der Waals surface area contributed by atoms with E-state index in [2.05, 4.69) is 38.2 Å². The molecule has 1 fully saturated rings. The molecule has 2 unspecified atom stereocenters. The quantitative estimate of drug-likeness (QED) is 0.665. The fourth-order valence-electron chi connectivity index (χ4n) is 2.34. The molecule has 1 aliphatic rings. The third kappa shape index (κ3) is 4.52. The molecule has 1 rings (SSSR count). The van der Waals surface area contributed by atoms with Gasteiger partial charge in [-0.3, -0.25) is 0 Å². The zero-order valence-corrected chi connectivity index (χ0v) is 10.9. The van der Waals surface area contributed by atoms with E-state index in [1.165, 1.54) is 38.6 Å². The van der Waals surface area contributed by atoms with Gasteiger partial charge >= 0.3 is 0 Å². The monoisotopic (exact) mass is 212 g/mol. The summed E-state index contributed by atoms with van der Waals surface area (Å²) < 4.78 is 0. The van der Waals surface area contributed by atoms with Crippen LogP contribution in [-0.4, -0.2) is 37.6 Å². The molecule has 0 aromatic carbocycles. The van der Waals surface area contributed by atoms with Crippen molar-refractivity contribution in [1.82, 2.24) is 10.2 Å². The van der Waals surface area contributed by atoms with Gasteiger partial charge in [-0.25, -0.2) is 0 Å². The Kier molecular flexibility index (Phi) is 5.62. The van der Waals surface area contributed by atoms with Crippen molar-refractivity contribution < 1.29 is 0 Å². The van der Waals surface area contributed by atoms with E-state index in [1.807, 2.05) is 0 Å². The molecule has 15 heavy (non-hydrogen) atoms. The van der Waals surface area contributed by atoms with Crippen LogP contribution in [0.5, 0.6) is 0 Å². The summed E-state index contributed by atoms with van der Waals surface area (Å²) in [4.78, 5) is 2.39. The molecule has 0 spiro atoms. The first kappa shape index (κ1) is 13.0. The molecule has 90 valence electrons. The maximum absolute atomic E-state index is 3.73. The van der Waals surface area contributed by atoms with Crippen molar-refractivity contribution in [2.24, 2.45) is 5.92 Å². The minimum absolute atomic E-state index is 0.733. The molecular weight excluding hydrogens is 184 g/mol. The van der Waals surface area contributed by atoms with Gasteiger partial charge in [-0.1, -0.05) is 20.3 Å². The highest BCUT2D eigenvalue weighted by atomic mass is 15.1. The van der Waals surface area contributed by atoms with Gasteiger partial charge in [0.25, 0.3) is 0 Å². The van der Waals surface area contributed by atoms with Gasteiger partial charge in [-0.2, -0.15) is 0 Å². The van der Waals surface area contributed by atoms with E-state index in [-0.39, 0.29) is 0 Å². The molecular formula is C13H28N2. The highest BCUT2D eigenvalue weighted by molar-refractivity contribution is 4.88. The largest absolute Gasteiger partial charge is 0.312 e. The van der Waals surface area contributed by atoms with Gasteiger partial charge in [0.05, 0.1) is 0 Å². The zero-order valence-electron chi connectivity index (χ0n) is 10.9. The Morgan fingerprint density at radius 2 is 1.93 bits per heavy atom. The minimum atomic E-state index is 0.733. The summed E-state index contributed by atoms with van der Waals surface area (Å²) >= 11 is 0. The third-order valence-corrected chi connectivity index (χ3v) is 3.58. The maximum atomic E-state index is 3.73. The predicted octanol–water partition coefficient (Wildman–Crippen LogP) is 2.49. The van der Waals surface area contributed by atoms with Crippen LogP contribution in [0.4, 0.5) is 0 Å². The Balaban J connectivity index is 2.25. The van der Waals surface area contributed by atoms with E-state index < -0.39 is 0 Å². The average molecular weight is 212 g/mol. The second kappa shape index (κ2) is 6.49. The standard InChI is InChI=1S/C13H28N2/c1-5-7-12(6-2)14-10-13(15(3)4)11-8-9-11/h11-14H,5-10H2,1-4H3. The van der Waals surface area contributed by atoms with E-state index in [1.54, 1.807) is 0 Å². The Morgan fingerprint density at radius 1 is 1.27 bits per heavy atom. The molecule has 0 radical (unpaired) electrons. The molecule has 2 nitrogen and oxygen atoms in total. The van der Waals surface area contributed by atoms with Gasteiger partial charge in [0.15, 0.2) is 0 Å². The summed E-state index contributed by atoms with van der Waals surface area (Å²) in [7, 11) is 4.43. The molecule has 1 saturated carbocycles. The molecule has 2 atom stereocenters. The van der Waals surface area contributed by atoms with E-state index in [0.717, 1.165) is 18.0 Å². The Bertz CT molecular complexity index is 162. The van der Waals surface area contributed by atoms with Crippen molar-refractivity contribution in [3.05, 3.63) is 0 Å². The van der Waals surface area contributed by atoms with E-state index >= 15 is 0 Å². The smallest absolute Gasteiger partial charge is 0.0242 e. The lowest BCUT2D eigenvalue weighted by Gasteiger charge is -2.27. The van der Waals surface area contributed by atoms with Gasteiger partial charge in [0.1, 0.15) is 0 Å². The fraction of sp³-hybridized carbons (Fsp3) is 1.00. The second-order valence-electron chi connectivity index (χ2n) is 5.17. The molecule has 0 heterocycles. The number of nitrogens with zero attached hydrogens (tertiary/aromatic N) is 1. The lowest BCUT2D eigenvalue weighted by Crippen LogP contribution is -2.43. The van der Waals surface area contributed by atoms with Crippen LogP contribution >= 0.6 is 0 Å². The van der Waals surface area contributed by atoms with Crippen LogP contribution in [0.3, 0.4) is 0 Å². The normalized spacial score (nSPS) is 20.6. The van der Waals surface area contributed by atoms with Gasteiger partial charge in [-0.15, -0.1) is 0 Å². The van der Waals surface area contributed by atoms with Crippen LogP contribution in [0.25, 0.3) is 0 Å². The summed E-state index contributed by atoms with van der Waals surface area (Å²) in [5, 5.41) is 3.73. The predicted molar refractivity (Wildman–Crippen MR) is 67.2 cm³/mol. The van der Waals surface area contributed by atoms with E-state index in [9.17, 15) is 0 Å². The Hall–Kier alpha value is -0.0800. The Morgan fingerprint density at radius 3 is 2.33 bits per heavy atom. The van der Waals surface area contributed by atoms with E-state index in [0.29, 0.717) is 0 Å². The molecule has 0 amide bonds. The van der Waals surface area contributed by atoms with Crippen LogP contribution in [0, 0.1) is 5.92 Å². The molecule has 0 bridgehead atoms. The molecule has 0 aliphatic heterocycles. The average Bonchev–Trinajstić information content (AvgIpc) is 3.00. The van der Waals surface area contributed by atoms with Crippen LogP contribution < -0.4 is 5.32 Å². The molecule has 1 N–H and O–H groups in total. The summed E-state index contributed by atoms with van der Waals surface area (Å²) in [6.07, 6.45) is 6.76. The lowest BCUT2D eigenvalue weighted by molar-refractivity contribution is 0.245. The lowest BCUT2D eigenvalue weighted by atomic mass is 10.1. The minimum Gasteiger partial charge on any atom is -0.312 e. The Labute approximate surface area is 95.4 Å². The van der Waals surface area contributed by atoms with Crippen LogP contribution in [0.1, 0.15) is 46.0 Å². The first-order valence-electron chi connectivity index (χ1n) is 6.58. The van der Waals surface area contributed by atoms with Crippen LogP contribution in [0.15, 0.2) is 0 Å². The number of rotatable bonds is 8. The van der Waals surface area contributed by atoms with Gasteiger partial charge in [0, 0.05) is 18.6 Å². The highest BCUT2D eigenvalue weighted by Gasteiger charge is 2.32. The number of likely N-dealkylation sites (N-methyl/N-ethyl adjacent to an activating group) is 1. The van der Waals surface area contributed by atoms with E-state index in [4.69, 9.17) is 0 Å². The van der Waals surface area contributed by atoms with Crippen LogP contribution in [0.2, 0.25) is 0 Å². The topological polar surface area (TPSA) is 15.3 Å². The number of nitrogens with one attached hydrogen (secondary N) is 1. The van der Waals surface area contributed by atoms with Crippen molar-refractivity contribution in [2.45, 2.75) is 58.0 Å². The van der Waals surface area contributed by atoms with Gasteiger partial charge < -0.3 is 10.2 Å². The number of hydrogen-bond acceptors (Lipinski definition) is 2. The zero-order chi connectivity index (χ0) is 11.3. The van der Waals surface area contributed by atoms with Crippen molar-refractivity contribution in [1.29, 1.82) is 0 Å². The molecule has 2 heteroatoms. The van der Waals surface area contributed by atoms with Crippen molar-refractivity contribution in [3.8, 4) is 0 Å². The summed E-state index contributed by atoms with van der Waals surface area (Å²) in [5.41, 5.74) is 0.